The van der Waals surface area contributed by atoms with E-state index in [-0.39, 0.29) is 0 Å². The Morgan fingerprint density at radius 3 is 2.79 bits per heavy atom. The molecule has 2 nitrogen and oxygen atoms in total. The average Bonchev–Trinajstić information content (AvgIpc) is 2.78. The molecule has 0 bridgehead atoms. The highest BCUT2D eigenvalue weighted by Crippen LogP contribution is 2.33. The number of nitrogens with one attached hydrogen (secondary N) is 1. The summed E-state index contributed by atoms with van der Waals surface area (Å²) < 4.78 is 6.13. The van der Waals surface area contributed by atoms with Crippen molar-refractivity contribution < 1.29 is 4.74 Å². The lowest BCUT2D eigenvalue weighted by Gasteiger charge is -2.21. The van der Waals surface area contributed by atoms with Crippen LogP contribution >= 0.6 is 0 Å². The lowest BCUT2D eigenvalue weighted by molar-refractivity contribution is 0.0328. The molecule has 1 aliphatic carbocycles. The second-order valence-electron chi connectivity index (χ2n) is 5.41. The number of benzene rings is 1. The number of hydrogen-bond acceptors (Lipinski definition) is 2. The maximum Gasteiger partial charge on any atom is 0.0810 e. The molecule has 0 saturated heterocycles. The fraction of sp³-hybridized carbons (Fsp3) is 0.647. The van der Waals surface area contributed by atoms with Crippen LogP contribution in [0.3, 0.4) is 0 Å². The van der Waals surface area contributed by atoms with Crippen molar-refractivity contribution in [3.05, 3.63) is 35.4 Å². The van der Waals surface area contributed by atoms with Gasteiger partial charge in [-0.05, 0) is 24.1 Å². The molecule has 0 amide bonds. The van der Waals surface area contributed by atoms with Crippen molar-refractivity contribution in [3.8, 4) is 0 Å². The topological polar surface area (TPSA) is 21.3 Å². The molecule has 0 aliphatic heterocycles. The molecule has 19 heavy (non-hydrogen) atoms. The van der Waals surface area contributed by atoms with E-state index in [2.05, 4.69) is 43.4 Å². The predicted octanol–water partition coefficient (Wildman–Crippen LogP) is 3.86. The normalized spacial score (nSPS) is 21.6. The number of unbranched alkanes of at least 4 members (excludes halogenated alkanes) is 3. The second-order valence-corrected chi connectivity index (χ2v) is 5.41. The highest BCUT2D eigenvalue weighted by atomic mass is 16.5. The summed E-state index contributed by atoms with van der Waals surface area (Å²) in [6.07, 6.45) is 6.47. The van der Waals surface area contributed by atoms with Gasteiger partial charge in [-0.15, -0.1) is 0 Å². The maximum atomic E-state index is 6.13. The summed E-state index contributed by atoms with van der Waals surface area (Å²) in [5, 5.41) is 3.58. The first-order valence-electron chi connectivity index (χ1n) is 7.79. The van der Waals surface area contributed by atoms with Gasteiger partial charge in [0.1, 0.15) is 0 Å². The van der Waals surface area contributed by atoms with Crippen molar-refractivity contribution in [1.82, 2.24) is 5.32 Å². The summed E-state index contributed by atoms with van der Waals surface area (Å²) in [6.45, 7) is 6.31. The molecule has 0 spiro atoms. The van der Waals surface area contributed by atoms with E-state index >= 15 is 0 Å². The monoisotopic (exact) mass is 261 g/mol. The molecule has 1 aromatic rings. The molecule has 1 aliphatic rings. The Morgan fingerprint density at radius 1 is 1.16 bits per heavy atom. The average molecular weight is 261 g/mol. The summed E-state index contributed by atoms with van der Waals surface area (Å²) in [6, 6.07) is 9.12. The molecule has 106 valence electrons. The first-order chi connectivity index (χ1) is 9.36. The van der Waals surface area contributed by atoms with Crippen LogP contribution in [0.15, 0.2) is 24.3 Å². The van der Waals surface area contributed by atoms with Crippen LogP contribution in [0.2, 0.25) is 0 Å². The molecule has 0 heterocycles. The number of likely N-dealkylation sites (N-methyl/N-ethyl adjacent to an activating group) is 1. The van der Waals surface area contributed by atoms with Crippen LogP contribution in [0.4, 0.5) is 0 Å². The Morgan fingerprint density at radius 2 is 2.00 bits per heavy atom. The lowest BCUT2D eigenvalue weighted by Crippen LogP contribution is -2.31. The molecular formula is C17H27NO. The van der Waals surface area contributed by atoms with Gasteiger partial charge in [0.15, 0.2) is 0 Å². The predicted molar refractivity (Wildman–Crippen MR) is 80.4 cm³/mol. The van der Waals surface area contributed by atoms with E-state index in [4.69, 9.17) is 4.74 Å². The molecule has 1 aromatic carbocycles. The molecule has 0 aromatic heterocycles. The molecule has 2 unspecified atom stereocenters. The number of fused-ring (bicyclic) bond motifs is 1. The van der Waals surface area contributed by atoms with Crippen LogP contribution in [-0.2, 0) is 11.2 Å². The first-order valence-corrected chi connectivity index (χ1v) is 7.79. The molecule has 2 rings (SSSR count). The molecule has 0 saturated carbocycles. The SMILES string of the molecule is CCCCCCOC1Cc2ccccc2C1NCC. The van der Waals surface area contributed by atoms with Crippen molar-refractivity contribution in [1.29, 1.82) is 0 Å². The molecule has 0 radical (unpaired) electrons. The van der Waals surface area contributed by atoms with E-state index in [0.29, 0.717) is 12.1 Å². The van der Waals surface area contributed by atoms with Crippen LogP contribution in [0.5, 0.6) is 0 Å². The van der Waals surface area contributed by atoms with Gasteiger partial charge in [-0.1, -0.05) is 57.4 Å². The summed E-state index contributed by atoms with van der Waals surface area (Å²) in [5.74, 6) is 0. The zero-order valence-electron chi connectivity index (χ0n) is 12.3. The van der Waals surface area contributed by atoms with Crippen LogP contribution in [0, 0.1) is 0 Å². The number of ether oxygens (including phenoxy) is 1. The van der Waals surface area contributed by atoms with Crippen molar-refractivity contribution >= 4 is 0 Å². The third-order valence-corrected chi connectivity index (χ3v) is 3.94. The van der Waals surface area contributed by atoms with E-state index in [1.807, 2.05) is 0 Å². The molecule has 2 heteroatoms. The summed E-state index contributed by atoms with van der Waals surface area (Å²) in [5.41, 5.74) is 2.88. The summed E-state index contributed by atoms with van der Waals surface area (Å²) in [7, 11) is 0. The Bertz CT molecular complexity index is 377. The van der Waals surface area contributed by atoms with E-state index in [9.17, 15) is 0 Å². The van der Waals surface area contributed by atoms with Gasteiger partial charge >= 0.3 is 0 Å². The Labute approximate surface area is 117 Å². The third-order valence-electron chi connectivity index (χ3n) is 3.94. The van der Waals surface area contributed by atoms with Crippen LogP contribution < -0.4 is 5.32 Å². The molecular weight excluding hydrogens is 234 g/mol. The minimum atomic E-state index is 0.318. The van der Waals surface area contributed by atoms with Crippen molar-refractivity contribution in [3.63, 3.8) is 0 Å². The summed E-state index contributed by atoms with van der Waals surface area (Å²) >= 11 is 0. The van der Waals surface area contributed by atoms with Crippen molar-refractivity contribution in [2.45, 2.75) is 58.1 Å². The van der Waals surface area contributed by atoms with Crippen LogP contribution in [-0.4, -0.2) is 19.3 Å². The van der Waals surface area contributed by atoms with Gasteiger partial charge in [0.05, 0.1) is 12.1 Å². The standard InChI is InChI=1S/C17H27NO/c1-3-5-6-9-12-19-16-13-14-10-7-8-11-15(14)17(16)18-4-2/h7-8,10-11,16-18H,3-6,9,12-13H2,1-2H3. The van der Waals surface area contributed by atoms with Gasteiger partial charge in [-0.2, -0.15) is 0 Å². The second kappa shape index (κ2) is 7.66. The van der Waals surface area contributed by atoms with Gasteiger partial charge in [0.2, 0.25) is 0 Å². The van der Waals surface area contributed by atoms with Gasteiger partial charge in [0, 0.05) is 13.0 Å². The zero-order chi connectivity index (χ0) is 13.5. The quantitative estimate of drug-likeness (QED) is 0.717. The Balaban J connectivity index is 1.87. The van der Waals surface area contributed by atoms with Gasteiger partial charge < -0.3 is 10.1 Å². The van der Waals surface area contributed by atoms with E-state index in [0.717, 1.165) is 19.6 Å². The molecule has 1 N–H and O–H groups in total. The van der Waals surface area contributed by atoms with Crippen LogP contribution in [0.1, 0.15) is 56.7 Å². The first kappa shape index (κ1) is 14.5. The zero-order valence-corrected chi connectivity index (χ0v) is 12.3. The largest absolute Gasteiger partial charge is 0.376 e. The van der Waals surface area contributed by atoms with E-state index in [1.165, 1.54) is 36.8 Å². The fourth-order valence-electron chi connectivity index (χ4n) is 2.94. The molecule has 0 fully saturated rings. The van der Waals surface area contributed by atoms with Crippen molar-refractivity contribution in [2.75, 3.05) is 13.2 Å². The smallest absolute Gasteiger partial charge is 0.0810 e. The Hall–Kier alpha value is -0.860. The number of rotatable bonds is 8. The minimum Gasteiger partial charge on any atom is -0.376 e. The minimum absolute atomic E-state index is 0.318. The lowest BCUT2D eigenvalue weighted by atomic mass is 10.1. The number of hydrogen-bond donors (Lipinski definition) is 1. The summed E-state index contributed by atoms with van der Waals surface area (Å²) in [4.78, 5) is 0. The van der Waals surface area contributed by atoms with E-state index in [1.54, 1.807) is 0 Å². The van der Waals surface area contributed by atoms with E-state index < -0.39 is 0 Å². The highest BCUT2D eigenvalue weighted by Gasteiger charge is 2.31. The third kappa shape index (κ3) is 3.80. The Kier molecular flexibility index (Phi) is 5.87. The van der Waals surface area contributed by atoms with Gasteiger partial charge in [-0.25, -0.2) is 0 Å². The fourth-order valence-corrected chi connectivity index (χ4v) is 2.94. The molecule has 2 atom stereocenters. The van der Waals surface area contributed by atoms with Gasteiger partial charge in [0.25, 0.3) is 0 Å². The maximum absolute atomic E-state index is 6.13. The van der Waals surface area contributed by atoms with Crippen LogP contribution in [0.25, 0.3) is 0 Å². The highest BCUT2D eigenvalue weighted by molar-refractivity contribution is 5.36. The van der Waals surface area contributed by atoms with Gasteiger partial charge in [-0.3, -0.25) is 0 Å². The van der Waals surface area contributed by atoms with Crippen molar-refractivity contribution in [2.24, 2.45) is 0 Å².